The summed E-state index contributed by atoms with van der Waals surface area (Å²) < 4.78 is 25.2. The van der Waals surface area contributed by atoms with Gasteiger partial charge in [0.25, 0.3) is 0 Å². The van der Waals surface area contributed by atoms with E-state index in [-0.39, 0.29) is 22.9 Å². The summed E-state index contributed by atoms with van der Waals surface area (Å²) in [5.74, 6) is 0. The molecule has 0 bridgehead atoms. The van der Waals surface area contributed by atoms with Crippen LogP contribution in [0.3, 0.4) is 0 Å². The predicted molar refractivity (Wildman–Crippen MR) is 71.5 cm³/mol. The molecular formula is C14H21Br. The highest BCUT2D eigenvalue weighted by molar-refractivity contribution is 9.10. The van der Waals surface area contributed by atoms with Crippen molar-refractivity contribution in [2.24, 2.45) is 0 Å². The Balaban J connectivity index is 3.83. The molecule has 1 heteroatoms. The largest absolute Gasteiger partial charge is 0.0638 e. The van der Waals surface area contributed by atoms with Crippen LogP contribution in [-0.2, 0) is 10.8 Å². The molecule has 84 valence electrons. The summed E-state index contributed by atoms with van der Waals surface area (Å²) in [4.78, 5) is 0. The lowest BCUT2D eigenvalue weighted by atomic mass is 9.81. The van der Waals surface area contributed by atoms with Crippen LogP contribution in [0.1, 0.15) is 56.8 Å². The molecule has 0 amide bonds. The van der Waals surface area contributed by atoms with E-state index >= 15 is 0 Å². The van der Waals surface area contributed by atoms with Gasteiger partial charge in [0.2, 0.25) is 0 Å². The zero-order chi connectivity index (χ0) is 14.5. The van der Waals surface area contributed by atoms with Crippen LogP contribution in [0.2, 0.25) is 0 Å². The van der Waals surface area contributed by atoms with Crippen LogP contribution in [0.25, 0.3) is 0 Å². The van der Waals surface area contributed by atoms with Gasteiger partial charge in [0.05, 0.1) is 4.11 Å². The third-order valence-electron chi connectivity index (χ3n) is 2.22. The van der Waals surface area contributed by atoms with Gasteiger partial charge in [-0.1, -0.05) is 63.5 Å². The molecule has 0 N–H and O–H groups in total. The van der Waals surface area contributed by atoms with Gasteiger partial charge in [0, 0.05) is 4.47 Å². The van der Waals surface area contributed by atoms with Crippen LogP contribution >= 0.6 is 15.9 Å². The summed E-state index contributed by atoms with van der Waals surface area (Å²) in [5, 5.41) is 0. The van der Waals surface area contributed by atoms with Crippen molar-refractivity contribution in [1.82, 2.24) is 0 Å². The van der Waals surface area contributed by atoms with Crippen molar-refractivity contribution in [1.29, 1.82) is 0 Å². The fourth-order valence-electron chi connectivity index (χ4n) is 1.19. The minimum atomic E-state index is -0.273. The lowest BCUT2D eigenvalue weighted by Crippen LogP contribution is -2.16. The predicted octanol–water partition coefficient (Wildman–Crippen LogP) is 5.04. The Bertz CT molecular complexity index is 438. The van der Waals surface area contributed by atoms with Gasteiger partial charge in [-0.2, -0.15) is 0 Å². The molecule has 0 radical (unpaired) electrons. The Morgan fingerprint density at radius 2 is 1.20 bits per heavy atom. The van der Waals surface area contributed by atoms with Gasteiger partial charge in [-0.05, 0) is 34.0 Å². The van der Waals surface area contributed by atoms with Gasteiger partial charge >= 0.3 is 0 Å². The third kappa shape index (κ3) is 3.34. The first kappa shape index (κ1) is 8.81. The molecule has 15 heavy (non-hydrogen) atoms. The molecule has 1 rings (SSSR count). The summed E-state index contributed by atoms with van der Waals surface area (Å²) in [7, 11) is 0. The zero-order valence-corrected chi connectivity index (χ0v) is 12.0. The molecular weight excluding hydrogens is 248 g/mol. The quantitative estimate of drug-likeness (QED) is 0.620. The molecule has 0 nitrogen and oxygen atoms in total. The Hall–Kier alpha value is -0.300. The summed E-state index contributed by atoms with van der Waals surface area (Å²) in [6.07, 6.45) is 0. The van der Waals surface area contributed by atoms with Gasteiger partial charge < -0.3 is 0 Å². The van der Waals surface area contributed by atoms with Crippen molar-refractivity contribution in [2.75, 3.05) is 0 Å². The summed E-state index contributed by atoms with van der Waals surface area (Å²) in [6.45, 7) is 12.0. The van der Waals surface area contributed by atoms with Crippen molar-refractivity contribution >= 4 is 15.9 Å². The van der Waals surface area contributed by atoms with Crippen molar-refractivity contribution in [3.05, 3.63) is 33.7 Å². The highest BCUT2D eigenvalue weighted by atomic mass is 79.9. The monoisotopic (exact) mass is 271 g/mol. The maximum absolute atomic E-state index is 8.38. The third-order valence-corrected chi connectivity index (χ3v) is 2.62. The van der Waals surface area contributed by atoms with Crippen molar-refractivity contribution in [3.8, 4) is 0 Å². The maximum Gasteiger partial charge on any atom is 0.0638 e. The van der Waals surface area contributed by atoms with E-state index < -0.39 is 0 Å². The number of hydrogen-bond donors (Lipinski definition) is 0. The second-order valence-corrected chi connectivity index (χ2v) is 6.73. The first-order chi connectivity index (χ1) is 7.89. The van der Waals surface area contributed by atoms with Gasteiger partial charge in [-0.3, -0.25) is 0 Å². The van der Waals surface area contributed by atoms with E-state index in [0.29, 0.717) is 21.6 Å². The van der Waals surface area contributed by atoms with E-state index in [1.165, 1.54) is 0 Å². The normalized spacial score (nSPS) is 15.8. The van der Waals surface area contributed by atoms with Crippen LogP contribution in [-0.4, -0.2) is 0 Å². The molecule has 0 saturated carbocycles. The average Bonchev–Trinajstić information content (AvgIpc) is 2.09. The molecule has 0 unspecified atom stereocenters. The van der Waals surface area contributed by atoms with Crippen LogP contribution in [0, 0.1) is 0 Å². The highest BCUT2D eigenvalue weighted by Crippen LogP contribution is 2.31. The first-order valence-corrected chi connectivity index (χ1v) is 5.98. The molecule has 0 spiro atoms. The Labute approximate surface area is 106 Å². The number of benzene rings is 1. The molecule has 0 aliphatic carbocycles. The van der Waals surface area contributed by atoms with E-state index in [4.69, 9.17) is 4.11 Å². The number of halogens is 1. The van der Waals surface area contributed by atoms with Gasteiger partial charge in [-0.15, -0.1) is 0 Å². The SMILES string of the molecule is [2H]c1c(Br)c([2H])c(C(C)(C)C)c([2H])c1C(C)(C)C. The van der Waals surface area contributed by atoms with Gasteiger partial charge in [0.1, 0.15) is 0 Å². The van der Waals surface area contributed by atoms with Crippen LogP contribution in [0.5, 0.6) is 0 Å². The van der Waals surface area contributed by atoms with Crippen LogP contribution in [0.4, 0.5) is 0 Å². The number of hydrogen-bond acceptors (Lipinski definition) is 0. The van der Waals surface area contributed by atoms with Gasteiger partial charge in [0.15, 0.2) is 0 Å². The highest BCUT2D eigenvalue weighted by Gasteiger charge is 2.19. The minimum Gasteiger partial charge on any atom is -0.0561 e. The minimum absolute atomic E-state index is 0.269. The maximum atomic E-state index is 8.38. The van der Waals surface area contributed by atoms with Crippen molar-refractivity contribution < 1.29 is 4.11 Å². The van der Waals surface area contributed by atoms with E-state index in [1.54, 1.807) is 0 Å². The summed E-state index contributed by atoms with van der Waals surface area (Å²) >= 11 is 3.34. The zero-order valence-electron chi connectivity index (χ0n) is 13.4. The van der Waals surface area contributed by atoms with Crippen molar-refractivity contribution in [3.63, 3.8) is 0 Å². The molecule has 0 aliphatic heterocycles. The summed E-state index contributed by atoms with van der Waals surface area (Å²) in [6, 6.07) is 0.879. The van der Waals surface area contributed by atoms with E-state index in [0.717, 1.165) is 0 Å². The lowest BCUT2D eigenvalue weighted by Gasteiger charge is -2.25. The fraction of sp³-hybridized carbons (Fsp3) is 0.571. The molecule has 0 heterocycles. The summed E-state index contributed by atoms with van der Waals surface area (Å²) in [5.41, 5.74) is 0.861. The van der Waals surface area contributed by atoms with E-state index in [9.17, 15) is 0 Å². The first-order valence-electron chi connectivity index (χ1n) is 6.69. The second kappa shape index (κ2) is 3.93. The molecule has 0 fully saturated rings. The Morgan fingerprint density at radius 1 is 0.867 bits per heavy atom. The topological polar surface area (TPSA) is 0 Å². The molecule has 0 saturated heterocycles. The Morgan fingerprint density at radius 3 is 1.47 bits per heavy atom. The molecule has 0 aliphatic rings. The van der Waals surface area contributed by atoms with Gasteiger partial charge in [-0.25, -0.2) is 0 Å². The van der Waals surface area contributed by atoms with Crippen LogP contribution in [0.15, 0.2) is 22.6 Å². The second-order valence-electron chi connectivity index (χ2n) is 5.94. The fourth-order valence-corrected chi connectivity index (χ4v) is 1.58. The van der Waals surface area contributed by atoms with Crippen molar-refractivity contribution in [2.45, 2.75) is 52.4 Å². The number of rotatable bonds is 0. The van der Waals surface area contributed by atoms with E-state index in [2.05, 4.69) is 15.9 Å². The average molecular weight is 272 g/mol. The smallest absolute Gasteiger partial charge is 0.0561 e. The molecule has 0 atom stereocenters. The standard InChI is InChI=1S/C14H21Br/c1-13(2,3)10-7-11(14(4,5)6)9-12(15)8-10/h7-9H,1-6H3/i7D,8D,9D. The molecule has 0 aromatic heterocycles. The Kier molecular flexibility index (Phi) is 2.31. The lowest BCUT2D eigenvalue weighted by molar-refractivity contribution is 0.568. The van der Waals surface area contributed by atoms with E-state index in [1.807, 2.05) is 41.5 Å². The molecule has 1 aromatic carbocycles. The molecule has 1 aromatic rings. The van der Waals surface area contributed by atoms with Crippen LogP contribution < -0.4 is 0 Å².